The zero-order chi connectivity index (χ0) is 13.4. The van der Waals surface area contributed by atoms with Crippen LogP contribution in [0.3, 0.4) is 0 Å². The van der Waals surface area contributed by atoms with Crippen molar-refractivity contribution < 1.29 is 9.53 Å². The van der Waals surface area contributed by atoms with E-state index in [-0.39, 0.29) is 18.1 Å². The Morgan fingerprint density at radius 2 is 2.16 bits per heavy atom. The van der Waals surface area contributed by atoms with Crippen LogP contribution >= 0.6 is 11.6 Å². The summed E-state index contributed by atoms with van der Waals surface area (Å²) in [6.45, 7) is 0.712. The summed E-state index contributed by atoms with van der Waals surface area (Å²) in [5.74, 6) is 0.403. The first kappa shape index (κ1) is 12.8. The van der Waals surface area contributed by atoms with Crippen LogP contribution in [0.1, 0.15) is 29.6 Å². The van der Waals surface area contributed by atoms with Gasteiger partial charge < -0.3 is 15.8 Å². The monoisotopic (exact) mass is 280 g/mol. The van der Waals surface area contributed by atoms with Crippen molar-refractivity contribution >= 4 is 23.2 Å². The van der Waals surface area contributed by atoms with Crippen molar-refractivity contribution in [3.63, 3.8) is 0 Å². The molecule has 2 atom stereocenters. The average Bonchev–Trinajstić information content (AvgIpc) is 3.10. The van der Waals surface area contributed by atoms with Crippen molar-refractivity contribution in [3.05, 3.63) is 28.8 Å². The number of nitrogen functional groups attached to an aromatic ring is 1. The maximum Gasteiger partial charge on any atom is 0.255 e. The van der Waals surface area contributed by atoms with E-state index >= 15 is 0 Å². The van der Waals surface area contributed by atoms with Gasteiger partial charge in [-0.25, -0.2) is 0 Å². The van der Waals surface area contributed by atoms with E-state index in [9.17, 15) is 4.79 Å². The second kappa shape index (κ2) is 5.02. The van der Waals surface area contributed by atoms with Gasteiger partial charge in [0, 0.05) is 12.3 Å². The van der Waals surface area contributed by atoms with Crippen molar-refractivity contribution in [2.24, 2.45) is 5.92 Å². The van der Waals surface area contributed by atoms with Gasteiger partial charge in [-0.2, -0.15) is 0 Å². The molecule has 2 aliphatic rings. The fourth-order valence-electron chi connectivity index (χ4n) is 2.68. The van der Waals surface area contributed by atoms with Gasteiger partial charge in [-0.15, -0.1) is 0 Å². The van der Waals surface area contributed by atoms with E-state index in [1.165, 1.54) is 12.8 Å². The summed E-state index contributed by atoms with van der Waals surface area (Å²) in [6, 6.07) is 5.18. The van der Waals surface area contributed by atoms with Crippen LogP contribution in [-0.4, -0.2) is 24.7 Å². The number of hydrogen-bond donors (Lipinski definition) is 2. The molecule has 19 heavy (non-hydrogen) atoms. The number of carbonyl (C=O) groups excluding carboxylic acids is 1. The number of anilines is 1. The van der Waals surface area contributed by atoms with Crippen LogP contribution in [0.2, 0.25) is 5.02 Å². The van der Waals surface area contributed by atoms with Crippen molar-refractivity contribution in [1.82, 2.24) is 5.32 Å². The molecule has 1 amide bonds. The molecule has 2 unspecified atom stereocenters. The molecule has 3 rings (SSSR count). The highest BCUT2D eigenvalue weighted by Crippen LogP contribution is 2.39. The fraction of sp³-hybridized carbons (Fsp3) is 0.500. The molecule has 1 aliphatic heterocycles. The smallest absolute Gasteiger partial charge is 0.255 e. The van der Waals surface area contributed by atoms with Crippen molar-refractivity contribution in [3.8, 4) is 0 Å². The average molecular weight is 281 g/mol. The molecule has 0 bridgehead atoms. The first-order valence-corrected chi connectivity index (χ1v) is 7.01. The zero-order valence-electron chi connectivity index (χ0n) is 10.6. The normalized spacial score (nSPS) is 26.4. The standard InChI is InChI=1S/C14H17ClN2O2/c15-9-2-1-3-10(16)12(9)14(18)17-11-6-7-19-13(11)8-4-5-8/h1-3,8,11,13H,4-7,16H2,(H,17,18). The zero-order valence-corrected chi connectivity index (χ0v) is 11.3. The van der Waals surface area contributed by atoms with E-state index in [4.69, 9.17) is 22.1 Å². The third kappa shape index (κ3) is 2.55. The van der Waals surface area contributed by atoms with Gasteiger partial charge in [0.1, 0.15) is 0 Å². The van der Waals surface area contributed by atoms with Gasteiger partial charge >= 0.3 is 0 Å². The molecule has 1 heterocycles. The lowest BCUT2D eigenvalue weighted by atomic mass is 10.1. The molecule has 1 aromatic rings. The van der Waals surface area contributed by atoms with Gasteiger partial charge in [-0.05, 0) is 37.3 Å². The summed E-state index contributed by atoms with van der Waals surface area (Å²) in [4.78, 5) is 12.3. The minimum absolute atomic E-state index is 0.0793. The largest absolute Gasteiger partial charge is 0.398 e. The second-order valence-corrected chi connectivity index (χ2v) is 5.65. The predicted octanol–water partition coefficient (Wildman–Crippen LogP) is 2.22. The van der Waals surface area contributed by atoms with Crippen molar-refractivity contribution in [1.29, 1.82) is 0 Å². The highest BCUT2D eigenvalue weighted by atomic mass is 35.5. The Labute approximate surface area is 117 Å². The highest BCUT2D eigenvalue weighted by molar-refractivity contribution is 6.34. The maximum atomic E-state index is 12.3. The minimum atomic E-state index is -0.204. The third-order valence-electron chi connectivity index (χ3n) is 3.81. The second-order valence-electron chi connectivity index (χ2n) is 5.25. The van der Waals surface area contributed by atoms with Crippen LogP contribution in [0, 0.1) is 5.92 Å². The van der Waals surface area contributed by atoms with Gasteiger partial charge in [0.05, 0.1) is 22.7 Å². The predicted molar refractivity (Wildman–Crippen MR) is 74.2 cm³/mol. The molecule has 2 fully saturated rings. The number of ether oxygens (including phenoxy) is 1. The van der Waals surface area contributed by atoms with Crippen LogP contribution in [0.25, 0.3) is 0 Å². The van der Waals surface area contributed by atoms with Crippen LogP contribution in [0.15, 0.2) is 18.2 Å². The van der Waals surface area contributed by atoms with Gasteiger partial charge in [0.25, 0.3) is 5.91 Å². The Bertz CT molecular complexity index is 482. The van der Waals surface area contributed by atoms with E-state index in [0.29, 0.717) is 28.8 Å². The Morgan fingerprint density at radius 1 is 1.37 bits per heavy atom. The van der Waals surface area contributed by atoms with E-state index < -0.39 is 0 Å². The van der Waals surface area contributed by atoms with Crippen molar-refractivity contribution in [2.45, 2.75) is 31.4 Å². The molecule has 3 N–H and O–H groups in total. The lowest BCUT2D eigenvalue weighted by molar-refractivity contribution is 0.0730. The van der Waals surface area contributed by atoms with Gasteiger partial charge in [-0.3, -0.25) is 4.79 Å². The first-order chi connectivity index (χ1) is 9.16. The quantitative estimate of drug-likeness (QED) is 0.835. The highest BCUT2D eigenvalue weighted by Gasteiger charge is 2.41. The summed E-state index contributed by atoms with van der Waals surface area (Å²) >= 11 is 6.05. The van der Waals surface area contributed by atoms with Gasteiger partial charge in [0.2, 0.25) is 0 Å². The number of rotatable bonds is 3. The third-order valence-corrected chi connectivity index (χ3v) is 4.13. The summed E-state index contributed by atoms with van der Waals surface area (Å²) < 4.78 is 5.71. The number of nitrogens with one attached hydrogen (secondary N) is 1. The molecule has 0 aromatic heterocycles. The Balaban J connectivity index is 1.74. The molecule has 5 heteroatoms. The number of halogens is 1. The number of amides is 1. The van der Waals surface area contributed by atoms with Gasteiger partial charge in [0.15, 0.2) is 0 Å². The van der Waals surface area contributed by atoms with Crippen LogP contribution in [0.5, 0.6) is 0 Å². The van der Waals surface area contributed by atoms with Crippen LogP contribution in [0.4, 0.5) is 5.69 Å². The van der Waals surface area contributed by atoms with Crippen LogP contribution < -0.4 is 11.1 Å². The van der Waals surface area contributed by atoms with E-state index in [2.05, 4.69) is 5.32 Å². The topological polar surface area (TPSA) is 64.4 Å². The molecule has 1 saturated heterocycles. The molecule has 102 valence electrons. The van der Waals surface area contributed by atoms with Crippen LogP contribution in [-0.2, 0) is 4.74 Å². The lowest BCUT2D eigenvalue weighted by Gasteiger charge is -2.20. The summed E-state index contributed by atoms with van der Waals surface area (Å²) in [5, 5.41) is 3.41. The molecular formula is C14H17ClN2O2. The SMILES string of the molecule is Nc1cccc(Cl)c1C(=O)NC1CCOC1C1CC1. The summed E-state index contributed by atoms with van der Waals surface area (Å²) in [5.41, 5.74) is 6.60. The fourth-order valence-corrected chi connectivity index (χ4v) is 2.94. The van der Waals surface area contributed by atoms with E-state index in [1.807, 2.05) is 0 Å². The number of carbonyl (C=O) groups is 1. The minimum Gasteiger partial charge on any atom is -0.398 e. The van der Waals surface area contributed by atoms with Gasteiger partial charge in [-0.1, -0.05) is 17.7 Å². The molecule has 1 saturated carbocycles. The molecule has 0 spiro atoms. The maximum absolute atomic E-state index is 12.3. The summed E-state index contributed by atoms with van der Waals surface area (Å²) in [6.07, 6.45) is 3.42. The molecule has 4 nitrogen and oxygen atoms in total. The lowest BCUT2D eigenvalue weighted by Crippen LogP contribution is -2.41. The number of nitrogens with two attached hydrogens (primary N) is 1. The Hall–Kier alpha value is -1.26. The molecule has 1 aromatic carbocycles. The number of hydrogen-bond acceptors (Lipinski definition) is 3. The van der Waals surface area contributed by atoms with E-state index in [0.717, 1.165) is 6.42 Å². The first-order valence-electron chi connectivity index (χ1n) is 6.63. The summed E-state index contributed by atoms with van der Waals surface area (Å²) in [7, 11) is 0. The van der Waals surface area contributed by atoms with Crippen molar-refractivity contribution in [2.75, 3.05) is 12.3 Å². The Morgan fingerprint density at radius 3 is 2.84 bits per heavy atom. The van der Waals surface area contributed by atoms with E-state index in [1.54, 1.807) is 18.2 Å². The molecule has 0 radical (unpaired) electrons. The molecule has 1 aliphatic carbocycles. The Kier molecular flexibility index (Phi) is 3.37. The number of benzene rings is 1. The molecular weight excluding hydrogens is 264 g/mol.